The van der Waals surface area contributed by atoms with Gasteiger partial charge >= 0.3 is 0 Å². The molecule has 0 amide bonds. The molecule has 1 N–H and O–H groups in total. The van der Waals surface area contributed by atoms with Gasteiger partial charge in [0.2, 0.25) is 0 Å². The summed E-state index contributed by atoms with van der Waals surface area (Å²) in [6.45, 7) is 0. The lowest BCUT2D eigenvalue weighted by Crippen LogP contribution is -2.23. The molecule has 162 valence electrons. The molecule has 0 saturated carbocycles. The number of fused-ring (bicyclic) bond motifs is 2. The van der Waals surface area contributed by atoms with Crippen LogP contribution in [0.25, 0.3) is 0 Å². The van der Waals surface area contributed by atoms with Gasteiger partial charge in [-0.25, -0.2) is 0 Å². The third kappa shape index (κ3) is 3.30. The molecule has 1 aliphatic carbocycles. The molecule has 3 aromatic rings. The van der Waals surface area contributed by atoms with Crippen LogP contribution in [0.5, 0.6) is 11.5 Å². The molecule has 1 unspecified atom stereocenters. The van der Waals surface area contributed by atoms with Crippen molar-refractivity contribution >= 4 is 17.3 Å². The number of nitrogens with zero attached hydrogens (tertiary/aromatic N) is 1. The van der Waals surface area contributed by atoms with Crippen LogP contribution < -0.4 is 9.47 Å². The molecule has 0 aromatic heterocycles. The number of ketones is 2. The topological polar surface area (TPSA) is 116 Å². The minimum absolute atomic E-state index is 0.0558. The third-order valence-corrected chi connectivity index (χ3v) is 5.52. The van der Waals surface area contributed by atoms with Crippen LogP contribution in [0.4, 0.5) is 5.69 Å². The number of ether oxygens (including phenoxy) is 2. The second-order valence-electron chi connectivity index (χ2n) is 7.26. The van der Waals surface area contributed by atoms with Gasteiger partial charge < -0.3 is 14.6 Å². The minimum atomic E-state index is -1.25. The number of nitro groups is 1. The Hall–Kier alpha value is -4.04. The first-order valence-corrected chi connectivity index (χ1v) is 9.76. The Kier molecular flexibility index (Phi) is 5.46. The zero-order valence-corrected chi connectivity index (χ0v) is 17.3. The van der Waals surface area contributed by atoms with Crippen LogP contribution in [-0.2, 0) is 6.42 Å². The largest absolute Gasteiger partial charge is 0.496 e. The summed E-state index contributed by atoms with van der Waals surface area (Å²) in [5.41, 5.74) is 0.972. The van der Waals surface area contributed by atoms with E-state index in [0.717, 1.165) is 0 Å². The van der Waals surface area contributed by atoms with E-state index in [4.69, 9.17) is 9.47 Å². The maximum absolute atomic E-state index is 13.3. The van der Waals surface area contributed by atoms with E-state index in [1.54, 1.807) is 30.3 Å². The molecule has 0 aliphatic heterocycles. The van der Waals surface area contributed by atoms with Gasteiger partial charge in [-0.1, -0.05) is 36.4 Å². The van der Waals surface area contributed by atoms with Gasteiger partial charge in [0.25, 0.3) is 5.69 Å². The molecule has 0 spiro atoms. The Morgan fingerprint density at radius 3 is 2.12 bits per heavy atom. The fourth-order valence-electron chi connectivity index (χ4n) is 4.08. The van der Waals surface area contributed by atoms with Gasteiger partial charge in [0.1, 0.15) is 11.5 Å². The molecule has 0 saturated heterocycles. The van der Waals surface area contributed by atoms with Crippen molar-refractivity contribution in [3.63, 3.8) is 0 Å². The highest BCUT2D eigenvalue weighted by atomic mass is 16.6. The number of aliphatic hydroxyl groups excluding tert-OH is 1. The van der Waals surface area contributed by atoms with Crippen molar-refractivity contribution in [3.05, 3.63) is 98.1 Å². The summed E-state index contributed by atoms with van der Waals surface area (Å²) >= 11 is 0. The number of nitro benzene ring substituents is 1. The molecule has 0 bridgehead atoms. The average molecular weight is 433 g/mol. The number of aliphatic hydroxyl groups is 1. The number of methoxy groups -OCH3 is 2. The minimum Gasteiger partial charge on any atom is -0.496 e. The van der Waals surface area contributed by atoms with Gasteiger partial charge in [-0.2, -0.15) is 0 Å². The van der Waals surface area contributed by atoms with Gasteiger partial charge in [0, 0.05) is 29.2 Å². The number of hydrogen-bond donors (Lipinski definition) is 1. The number of para-hydroxylation sites is 1. The first-order chi connectivity index (χ1) is 15.4. The van der Waals surface area contributed by atoms with Gasteiger partial charge in [0.05, 0.1) is 41.9 Å². The van der Waals surface area contributed by atoms with Crippen LogP contribution in [0.3, 0.4) is 0 Å². The predicted molar refractivity (Wildman–Crippen MR) is 115 cm³/mol. The molecular formula is C24H19NO7. The SMILES string of the molecule is COc1cc(CC(O)c2ccccc2[N+](=O)[O-])c(OC)c2c1C(=O)c1ccccc1C2=O. The Balaban J connectivity index is 1.87. The van der Waals surface area contributed by atoms with Crippen LogP contribution in [0.15, 0.2) is 54.6 Å². The van der Waals surface area contributed by atoms with E-state index in [-0.39, 0.29) is 57.2 Å². The van der Waals surface area contributed by atoms with E-state index in [2.05, 4.69) is 0 Å². The lowest BCUT2D eigenvalue weighted by molar-refractivity contribution is -0.386. The van der Waals surface area contributed by atoms with Crippen LogP contribution in [0.2, 0.25) is 0 Å². The number of rotatable bonds is 6. The second-order valence-corrected chi connectivity index (χ2v) is 7.26. The maximum atomic E-state index is 13.3. The summed E-state index contributed by atoms with van der Waals surface area (Å²) < 4.78 is 10.9. The molecule has 1 aliphatic rings. The Bertz CT molecular complexity index is 1270. The Labute approximate surface area is 183 Å². The molecule has 8 nitrogen and oxygen atoms in total. The van der Waals surface area contributed by atoms with Crippen molar-refractivity contribution < 1.29 is 29.1 Å². The zero-order chi connectivity index (χ0) is 23.0. The zero-order valence-electron chi connectivity index (χ0n) is 17.3. The average Bonchev–Trinajstić information content (AvgIpc) is 2.81. The van der Waals surface area contributed by atoms with E-state index in [1.165, 1.54) is 38.5 Å². The highest BCUT2D eigenvalue weighted by Crippen LogP contribution is 2.42. The smallest absolute Gasteiger partial charge is 0.275 e. The lowest BCUT2D eigenvalue weighted by atomic mass is 9.81. The lowest BCUT2D eigenvalue weighted by Gasteiger charge is -2.24. The molecule has 32 heavy (non-hydrogen) atoms. The van der Waals surface area contributed by atoms with Crippen molar-refractivity contribution in [1.29, 1.82) is 0 Å². The molecule has 0 heterocycles. The van der Waals surface area contributed by atoms with Crippen LogP contribution in [0.1, 0.15) is 49.1 Å². The summed E-state index contributed by atoms with van der Waals surface area (Å²) in [5.74, 6) is -0.465. The molecular weight excluding hydrogens is 414 g/mol. The molecule has 0 radical (unpaired) electrons. The summed E-state index contributed by atoms with van der Waals surface area (Å²) in [5, 5.41) is 22.2. The molecule has 4 rings (SSSR count). The van der Waals surface area contributed by atoms with E-state index in [0.29, 0.717) is 5.56 Å². The van der Waals surface area contributed by atoms with Gasteiger partial charge in [-0.15, -0.1) is 0 Å². The van der Waals surface area contributed by atoms with Crippen molar-refractivity contribution in [2.45, 2.75) is 12.5 Å². The van der Waals surface area contributed by atoms with Crippen LogP contribution in [0, 0.1) is 10.1 Å². The first kappa shape index (κ1) is 21.2. The standard InChI is InChI=1S/C24H19NO7/c1-31-19-12-13(11-18(26)16-9-5-6-10-17(16)25(29)30)24(32-2)21-20(19)22(27)14-7-3-4-8-15(14)23(21)28/h3-10,12,18,26H,11H2,1-2H3. The molecule has 3 aromatic carbocycles. The summed E-state index contributed by atoms with van der Waals surface area (Å²) in [4.78, 5) is 37.3. The fraction of sp³-hybridized carbons (Fsp3) is 0.167. The highest BCUT2D eigenvalue weighted by Gasteiger charge is 2.36. The first-order valence-electron chi connectivity index (χ1n) is 9.76. The van der Waals surface area contributed by atoms with Crippen LogP contribution in [-0.4, -0.2) is 35.8 Å². The second kappa shape index (κ2) is 8.24. The summed E-state index contributed by atoms with van der Waals surface area (Å²) in [6.07, 6.45) is -1.35. The summed E-state index contributed by atoms with van der Waals surface area (Å²) in [7, 11) is 2.74. The van der Waals surface area contributed by atoms with Gasteiger partial charge in [-0.3, -0.25) is 19.7 Å². The highest BCUT2D eigenvalue weighted by molar-refractivity contribution is 6.30. The predicted octanol–water partition coefficient (Wildman–Crippen LogP) is 3.66. The summed E-state index contributed by atoms with van der Waals surface area (Å²) in [6, 6.07) is 13.9. The maximum Gasteiger partial charge on any atom is 0.275 e. The van der Waals surface area contributed by atoms with Gasteiger partial charge in [0.15, 0.2) is 11.6 Å². The van der Waals surface area contributed by atoms with Crippen molar-refractivity contribution in [2.75, 3.05) is 14.2 Å². The fourth-order valence-corrected chi connectivity index (χ4v) is 4.08. The van der Waals surface area contributed by atoms with Crippen molar-refractivity contribution in [3.8, 4) is 11.5 Å². The molecule has 1 atom stereocenters. The number of benzene rings is 3. The monoisotopic (exact) mass is 433 g/mol. The third-order valence-electron chi connectivity index (χ3n) is 5.52. The normalized spacial score (nSPS) is 13.2. The quantitative estimate of drug-likeness (QED) is 0.364. The number of carbonyl (C=O) groups is 2. The van der Waals surface area contributed by atoms with Crippen molar-refractivity contribution in [1.82, 2.24) is 0 Å². The molecule has 0 fully saturated rings. The van der Waals surface area contributed by atoms with E-state index >= 15 is 0 Å². The van der Waals surface area contributed by atoms with E-state index < -0.39 is 16.8 Å². The van der Waals surface area contributed by atoms with E-state index in [1.807, 2.05) is 0 Å². The van der Waals surface area contributed by atoms with Crippen molar-refractivity contribution in [2.24, 2.45) is 0 Å². The Morgan fingerprint density at radius 2 is 1.53 bits per heavy atom. The van der Waals surface area contributed by atoms with Gasteiger partial charge in [-0.05, 0) is 12.1 Å². The Morgan fingerprint density at radius 1 is 0.938 bits per heavy atom. The number of hydrogen-bond acceptors (Lipinski definition) is 7. The van der Waals surface area contributed by atoms with E-state index in [9.17, 15) is 24.8 Å². The number of carbonyl (C=O) groups excluding carboxylic acids is 2. The molecule has 8 heteroatoms. The van der Waals surface area contributed by atoms with Crippen LogP contribution >= 0.6 is 0 Å².